The maximum Gasteiger partial charge on any atom is 0.271 e. The predicted molar refractivity (Wildman–Crippen MR) is 75.5 cm³/mol. The average molecular weight is 280 g/mol. The van der Waals surface area contributed by atoms with Gasteiger partial charge in [0.25, 0.3) is 5.69 Å². The van der Waals surface area contributed by atoms with Gasteiger partial charge < -0.3 is 9.88 Å². The lowest BCUT2D eigenvalue weighted by Crippen LogP contribution is -2.00. The molecule has 6 heteroatoms. The Balaban J connectivity index is 2.10. The molecule has 0 unspecified atom stereocenters. The van der Waals surface area contributed by atoms with Crippen LogP contribution < -0.4 is 5.32 Å². The summed E-state index contributed by atoms with van der Waals surface area (Å²) in [5, 5.41) is 14.3. The number of nitro benzene ring substituents is 1. The third-order valence-corrected chi connectivity index (χ3v) is 3.15. The largest absolute Gasteiger partial charge is 0.379 e. The molecule has 0 saturated heterocycles. The van der Waals surface area contributed by atoms with Crippen LogP contribution in [0.3, 0.4) is 0 Å². The maximum atomic E-state index is 10.7. The molecule has 0 radical (unpaired) electrons. The number of nitrogens with one attached hydrogen (secondary N) is 1. The SMILES string of the molecule is CCn1ccc(CNc2cc([N+](=O)[O-])ccc2Cl)c1. The van der Waals surface area contributed by atoms with E-state index in [-0.39, 0.29) is 5.69 Å². The van der Waals surface area contributed by atoms with Gasteiger partial charge in [-0.15, -0.1) is 0 Å². The van der Waals surface area contributed by atoms with E-state index in [1.165, 1.54) is 18.2 Å². The second kappa shape index (κ2) is 5.75. The van der Waals surface area contributed by atoms with E-state index in [0.29, 0.717) is 17.3 Å². The van der Waals surface area contributed by atoms with Crippen LogP contribution >= 0.6 is 11.6 Å². The minimum atomic E-state index is -0.435. The molecule has 1 heterocycles. The van der Waals surface area contributed by atoms with Crippen molar-refractivity contribution < 1.29 is 4.92 Å². The zero-order valence-corrected chi connectivity index (χ0v) is 11.2. The van der Waals surface area contributed by atoms with Gasteiger partial charge in [0.2, 0.25) is 0 Å². The molecule has 1 aromatic carbocycles. The highest BCUT2D eigenvalue weighted by Gasteiger charge is 2.09. The number of nitro groups is 1. The quantitative estimate of drug-likeness (QED) is 0.671. The molecule has 19 heavy (non-hydrogen) atoms. The Bertz CT molecular complexity index is 595. The summed E-state index contributed by atoms with van der Waals surface area (Å²) >= 11 is 6.01. The van der Waals surface area contributed by atoms with Crippen LogP contribution in [0.2, 0.25) is 5.02 Å². The molecule has 0 bridgehead atoms. The number of benzene rings is 1. The summed E-state index contributed by atoms with van der Waals surface area (Å²) in [6.07, 6.45) is 4.02. The van der Waals surface area contributed by atoms with Crippen molar-refractivity contribution >= 4 is 23.0 Å². The van der Waals surface area contributed by atoms with Crippen molar-refractivity contribution in [1.82, 2.24) is 4.57 Å². The number of non-ortho nitro benzene ring substituents is 1. The molecule has 0 aliphatic heterocycles. The van der Waals surface area contributed by atoms with Crippen molar-refractivity contribution in [3.8, 4) is 0 Å². The summed E-state index contributed by atoms with van der Waals surface area (Å²) in [5.41, 5.74) is 1.70. The summed E-state index contributed by atoms with van der Waals surface area (Å²) in [5.74, 6) is 0. The summed E-state index contributed by atoms with van der Waals surface area (Å²) in [4.78, 5) is 10.3. The van der Waals surface area contributed by atoms with E-state index in [4.69, 9.17) is 11.6 Å². The molecule has 2 aromatic rings. The molecule has 0 amide bonds. The van der Waals surface area contributed by atoms with Crippen molar-refractivity contribution in [3.05, 3.63) is 57.4 Å². The lowest BCUT2D eigenvalue weighted by atomic mass is 10.2. The fourth-order valence-electron chi connectivity index (χ4n) is 1.75. The topological polar surface area (TPSA) is 60.1 Å². The van der Waals surface area contributed by atoms with Crippen molar-refractivity contribution in [2.75, 3.05) is 5.32 Å². The molecule has 1 aromatic heterocycles. The van der Waals surface area contributed by atoms with Crippen LogP contribution in [-0.4, -0.2) is 9.49 Å². The van der Waals surface area contributed by atoms with Gasteiger partial charge in [0.05, 0.1) is 15.6 Å². The number of anilines is 1. The highest BCUT2D eigenvalue weighted by Crippen LogP contribution is 2.27. The molecular formula is C13H14ClN3O2. The highest BCUT2D eigenvalue weighted by molar-refractivity contribution is 6.33. The number of rotatable bonds is 5. The first-order valence-corrected chi connectivity index (χ1v) is 6.30. The number of hydrogen-bond acceptors (Lipinski definition) is 3. The van der Waals surface area contributed by atoms with Crippen LogP contribution in [0.4, 0.5) is 11.4 Å². The molecule has 100 valence electrons. The van der Waals surface area contributed by atoms with Crippen LogP contribution in [0.1, 0.15) is 12.5 Å². The molecule has 0 aliphatic carbocycles. The Hall–Kier alpha value is -2.01. The molecule has 0 fully saturated rings. The lowest BCUT2D eigenvalue weighted by molar-refractivity contribution is -0.384. The average Bonchev–Trinajstić information content (AvgIpc) is 2.85. The summed E-state index contributed by atoms with van der Waals surface area (Å²) in [6.45, 7) is 3.56. The molecule has 0 aliphatic rings. The van der Waals surface area contributed by atoms with Crippen LogP contribution in [0.5, 0.6) is 0 Å². The second-order valence-corrected chi connectivity index (χ2v) is 4.53. The van der Waals surface area contributed by atoms with E-state index >= 15 is 0 Å². The van der Waals surface area contributed by atoms with Crippen LogP contribution in [0.15, 0.2) is 36.7 Å². The number of aromatic nitrogens is 1. The Morgan fingerprint density at radius 1 is 1.42 bits per heavy atom. The maximum absolute atomic E-state index is 10.7. The van der Waals surface area contributed by atoms with Gasteiger partial charge >= 0.3 is 0 Å². The highest BCUT2D eigenvalue weighted by atomic mass is 35.5. The van der Waals surface area contributed by atoms with Crippen LogP contribution in [0.25, 0.3) is 0 Å². The molecule has 0 atom stereocenters. The summed E-state index contributed by atoms with van der Waals surface area (Å²) in [6, 6.07) is 6.36. The van der Waals surface area contributed by atoms with Gasteiger partial charge in [-0.25, -0.2) is 0 Å². The van der Waals surface area contributed by atoms with Crippen molar-refractivity contribution in [2.24, 2.45) is 0 Å². The van der Waals surface area contributed by atoms with Crippen molar-refractivity contribution in [1.29, 1.82) is 0 Å². The van der Waals surface area contributed by atoms with E-state index in [2.05, 4.69) is 16.8 Å². The summed E-state index contributed by atoms with van der Waals surface area (Å²) in [7, 11) is 0. The van der Waals surface area contributed by atoms with Crippen LogP contribution in [-0.2, 0) is 13.1 Å². The van der Waals surface area contributed by atoms with Gasteiger partial charge in [-0.05, 0) is 24.6 Å². The monoisotopic (exact) mass is 279 g/mol. The van der Waals surface area contributed by atoms with E-state index in [9.17, 15) is 10.1 Å². The zero-order valence-electron chi connectivity index (χ0n) is 10.5. The molecule has 1 N–H and O–H groups in total. The van der Waals surface area contributed by atoms with Gasteiger partial charge in [0.15, 0.2) is 0 Å². The van der Waals surface area contributed by atoms with Gasteiger partial charge in [-0.1, -0.05) is 11.6 Å². The van der Waals surface area contributed by atoms with E-state index in [1.807, 2.05) is 18.5 Å². The first-order chi connectivity index (χ1) is 9.10. The first kappa shape index (κ1) is 13.4. The summed E-state index contributed by atoms with van der Waals surface area (Å²) < 4.78 is 2.06. The predicted octanol–water partition coefficient (Wildman–Crippen LogP) is 3.68. The van der Waals surface area contributed by atoms with Gasteiger partial charge in [0.1, 0.15) is 0 Å². The third kappa shape index (κ3) is 3.26. The fraction of sp³-hybridized carbons (Fsp3) is 0.231. The second-order valence-electron chi connectivity index (χ2n) is 4.13. The minimum Gasteiger partial charge on any atom is -0.379 e. The number of halogens is 1. The normalized spacial score (nSPS) is 10.4. The van der Waals surface area contributed by atoms with Crippen molar-refractivity contribution in [2.45, 2.75) is 20.0 Å². The number of aryl methyl sites for hydroxylation is 1. The standard InChI is InChI=1S/C13H14ClN3O2/c1-2-16-6-5-10(9-16)8-15-13-7-11(17(18)19)3-4-12(13)14/h3-7,9,15H,2,8H2,1H3. The lowest BCUT2D eigenvalue weighted by Gasteiger charge is -2.07. The molecular weight excluding hydrogens is 266 g/mol. The Morgan fingerprint density at radius 2 is 2.21 bits per heavy atom. The Labute approximate surface area is 116 Å². The number of nitrogens with zero attached hydrogens (tertiary/aromatic N) is 2. The van der Waals surface area contributed by atoms with Crippen molar-refractivity contribution in [3.63, 3.8) is 0 Å². The minimum absolute atomic E-state index is 0.0260. The fourth-order valence-corrected chi connectivity index (χ4v) is 1.94. The van der Waals surface area contributed by atoms with Gasteiger partial charge in [-0.3, -0.25) is 10.1 Å². The number of hydrogen-bond donors (Lipinski definition) is 1. The van der Waals surface area contributed by atoms with E-state index in [0.717, 1.165) is 12.1 Å². The first-order valence-electron chi connectivity index (χ1n) is 5.92. The molecule has 0 saturated carbocycles. The smallest absolute Gasteiger partial charge is 0.271 e. The van der Waals surface area contributed by atoms with E-state index in [1.54, 1.807) is 0 Å². The molecule has 5 nitrogen and oxygen atoms in total. The van der Waals surface area contributed by atoms with Gasteiger partial charge in [-0.2, -0.15) is 0 Å². The molecule has 0 spiro atoms. The Morgan fingerprint density at radius 3 is 2.84 bits per heavy atom. The zero-order chi connectivity index (χ0) is 13.8. The van der Waals surface area contributed by atoms with Crippen LogP contribution in [0, 0.1) is 10.1 Å². The third-order valence-electron chi connectivity index (χ3n) is 2.82. The van der Waals surface area contributed by atoms with E-state index < -0.39 is 4.92 Å². The van der Waals surface area contributed by atoms with Gasteiger partial charge in [0, 0.05) is 37.6 Å². The Kier molecular flexibility index (Phi) is 4.06. The molecule has 2 rings (SSSR count).